The highest BCUT2D eigenvalue weighted by Gasteiger charge is 2.20. The number of hydrogen-bond donors (Lipinski definition) is 1. The molecular formula is C20H35N. The van der Waals surface area contributed by atoms with Gasteiger partial charge >= 0.3 is 0 Å². The minimum Gasteiger partial charge on any atom is -0.312 e. The predicted molar refractivity (Wildman–Crippen MR) is 95.0 cm³/mol. The molecule has 0 spiro atoms. The fourth-order valence-corrected chi connectivity index (χ4v) is 2.54. The van der Waals surface area contributed by atoms with Crippen molar-refractivity contribution in [1.82, 2.24) is 5.32 Å². The zero-order valence-electron chi connectivity index (χ0n) is 15.4. The lowest BCUT2D eigenvalue weighted by molar-refractivity contribution is 0.302. The summed E-state index contributed by atoms with van der Waals surface area (Å²) in [6, 6.07) is 9.19. The molecule has 1 heteroatoms. The summed E-state index contributed by atoms with van der Waals surface area (Å²) in [4.78, 5) is 0. The van der Waals surface area contributed by atoms with E-state index in [0.29, 0.717) is 5.41 Å². The maximum absolute atomic E-state index is 3.59. The Hall–Kier alpha value is -0.820. The molecule has 120 valence electrons. The second-order valence-corrected chi connectivity index (χ2v) is 9.21. The molecule has 0 aromatic heterocycles. The first-order chi connectivity index (χ1) is 9.39. The van der Waals surface area contributed by atoms with Gasteiger partial charge in [0.1, 0.15) is 0 Å². The minimum atomic E-state index is 0.213. The van der Waals surface area contributed by atoms with Crippen LogP contribution < -0.4 is 5.32 Å². The molecule has 0 amide bonds. The molecule has 21 heavy (non-hydrogen) atoms. The van der Waals surface area contributed by atoms with Gasteiger partial charge in [0.2, 0.25) is 0 Å². The standard InChI is InChI=1S/C20H35N/c1-18(2,3)17-11-9-16(10-12-17)15-20(7,8)13-14-21-19(4,5)6/h9-12,21H,13-15H2,1-8H3. The van der Waals surface area contributed by atoms with Gasteiger partial charge in [-0.05, 0) is 62.1 Å². The van der Waals surface area contributed by atoms with Gasteiger partial charge in [-0.3, -0.25) is 0 Å². The largest absolute Gasteiger partial charge is 0.312 e. The van der Waals surface area contributed by atoms with Gasteiger partial charge in [-0.25, -0.2) is 0 Å². The van der Waals surface area contributed by atoms with Crippen molar-refractivity contribution in [3.8, 4) is 0 Å². The maximum Gasteiger partial charge on any atom is 0.00965 e. The van der Waals surface area contributed by atoms with Gasteiger partial charge in [-0.2, -0.15) is 0 Å². The summed E-state index contributed by atoms with van der Waals surface area (Å²) in [5.41, 5.74) is 3.65. The molecule has 0 saturated heterocycles. The average molecular weight is 290 g/mol. The van der Waals surface area contributed by atoms with Crippen molar-refractivity contribution >= 4 is 0 Å². The van der Waals surface area contributed by atoms with E-state index in [2.05, 4.69) is 85.0 Å². The van der Waals surface area contributed by atoms with Gasteiger partial charge in [-0.1, -0.05) is 58.9 Å². The van der Waals surface area contributed by atoms with Crippen molar-refractivity contribution < 1.29 is 0 Å². The number of nitrogens with one attached hydrogen (secondary N) is 1. The first-order valence-electron chi connectivity index (χ1n) is 8.24. The summed E-state index contributed by atoms with van der Waals surface area (Å²) >= 11 is 0. The Morgan fingerprint density at radius 3 is 1.76 bits per heavy atom. The van der Waals surface area contributed by atoms with Gasteiger partial charge in [-0.15, -0.1) is 0 Å². The molecule has 1 N–H and O–H groups in total. The van der Waals surface area contributed by atoms with Crippen LogP contribution in [0.25, 0.3) is 0 Å². The summed E-state index contributed by atoms with van der Waals surface area (Å²) in [5.74, 6) is 0. The number of benzene rings is 1. The molecule has 0 aliphatic heterocycles. The van der Waals surface area contributed by atoms with E-state index in [-0.39, 0.29) is 11.0 Å². The van der Waals surface area contributed by atoms with Crippen molar-refractivity contribution in [3.63, 3.8) is 0 Å². The highest BCUT2D eigenvalue weighted by atomic mass is 14.9. The van der Waals surface area contributed by atoms with Crippen LogP contribution in [0.3, 0.4) is 0 Å². The minimum absolute atomic E-state index is 0.213. The molecule has 0 fully saturated rings. The van der Waals surface area contributed by atoms with E-state index in [0.717, 1.165) is 13.0 Å². The topological polar surface area (TPSA) is 12.0 Å². The molecule has 1 rings (SSSR count). The molecule has 0 aliphatic carbocycles. The van der Waals surface area contributed by atoms with Crippen LogP contribution >= 0.6 is 0 Å². The molecule has 1 aromatic rings. The van der Waals surface area contributed by atoms with E-state index in [4.69, 9.17) is 0 Å². The third-order valence-corrected chi connectivity index (χ3v) is 3.96. The maximum atomic E-state index is 3.59. The molecule has 0 heterocycles. The lowest BCUT2D eigenvalue weighted by atomic mass is 9.81. The number of rotatable bonds is 5. The van der Waals surface area contributed by atoms with Gasteiger partial charge in [0.25, 0.3) is 0 Å². The Bertz CT molecular complexity index is 426. The van der Waals surface area contributed by atoms with Crippen molar-refractivity contribution in [3.05, 3.63) is 35.4 Å². The highest BCUT2D eigenvalue weighted by Crippen LogP contribution is 2.28. The van der Waals surface area contributed by atoms with Gasteiger partial charge in [0, 0.05) is 5.54 Å². The molecular weight excluding hydrogens is 254 g/mol. The van der Waals surface area contributed by atoms with Crippen molar-refractivity contribution in [1.29, 1.82) is 0 Å². The normalized spacial score (nSPS) is 13.5. The third-order valence-electron chi connectivity index (χ3n) is 3.96. The zero-order chi connectivity index (χ0) is 16.3. The van der Waals surface area contributed by atoms with Crippen LogP contribution in [0.2, 0.25) is 0 Å². The smallest absolute Gasteiger partial charge is 0.00965 e. The predicted octanol–water partition coefficient (Wildman–Crippen LogP) is 5.33. The molecule has 0 bridgehead atoms. The molecule has 0 atom stereocenters. The average Bonchev–Trinajstić information content (AvgIpc) is 2.25. The Labute approximate surface area is 132 Å². The Morgan fingerprint density at radius 1 is 0.810 bits per heavy atom. The van der Waals surface area contributed by atoms with Gasteiger partial charge in [0.05, 0.1) is 0 Å². The SMILES string of the molecule is CC(C)(CCNC(C)(C)C)Cc1ccc(C(C)(C)C)cc1. The van der Waals surface area contributed by atoms with Crippen LogP contribution in [-0.2, 0) is 11.8 Å². The first-order valence-corrected chi connectivity index (χ1v) is 8.24. The molecule has 0 unspecified atom stereocenters. The fourth-order valence-electron chi connectivity index (χ4n) is 2.54. The van der Waals surface area contributed by atoms with Crippen molar-refractivity contribution in [2.75, 3.05) is 6.54 Å². The monoisotopic (exact) mass is 289 g/mol. The lowest BCUT2D eigenvalue weighted by Crippen LogP contribution is -2.38. The van der Waals surface area contributed by atoms with Crippen LogP contribution in [-0.4, -0.2) is 12.1 Å². The van der Waals surface area contributed by atoms with Gasteiger partial charge < -0.3 is 5.32 Å². The summed E-state index contributed by atoms with van der Waals surface area (Å²) in [6.07, 6.45) is 2.34. The van der Waals surface area contributed by atoms with E-state index >= 15 is 0 Å². The quantitative estimate of drug-likeness (QED) is 0.772. The van der Waals surface area contributed by atoms with Gasteiger partial charge in [0.15, 0.2) is 0 Å². The molecule has 0 aliphatic rings. The molecule has 1 nitrogen and oxygen atoms in total. The van der Waals surface area contributed by atoms with Crippen LogP contribution in [0.5, 0.6) is 0 Å². The van der Waals surface area contributed by atoms with E-state index in [1.165, 1.54) is 17.5 Å². The van der Waals surface area contributed by atoms with E-state index < -0.39 is 0 Å². The Balaban J connectivity index is 2.59. The Kier molecular flexibility index (Phi) is 5.66. The fraction of sp³-hybridized carbons (Fsp3) is 0.700. The third kappa shape index (κ3) is 7.13. The summed E-state index contributed by atoms with van der Waals surface area (Å²) in [7, 11) is 0. The van der Waals surface area contributed by atoms with Crippen LogP contribution in [0.1, 0.15) is 72.9 Å². The van der Waals surface area contributed by atoms with Crippen molar-refractivity contribution in [2.24, 2.45) is 5.41 Å². The summed E-state index contributed by atoms with van der Waals surface area (Å²) in [6.45, 7) is 19.3. The summed E-state index contributed by atoms with van der Waals surface area (Å²) in [5, 5.41) is 3.59. The highest BCUT2D eigenvalue weighted by molar-refractivity contribution is 5.28. The van der Waals surface area contributed by atoms with Crippen molar-refractivity contribution in [2.45, 2.75) is 79.2 Å². The van der Waals surface area contributed by atoms with Crippen LogP contribution in [0.4, 0.5) is 0 Å². The second-order valence-electron chi connectivity index (χ2n) is 9.21. The van der Waals surface area contributed by atoms with Crippen LogP contribution in [0, 0.1) is 5.41 Å². The first kappa shape index (κ1) is 18.2. The van der Waals surface area contributed by atoms with E-state index in [1.807, 2.05) is 0 Å². The van der Waals surface area contributed by atoms with E-state index in [9.17, 15) is 0 Å². The van der Waals surface area contributed by atoms with Crippen LogP contribution in [0.15, 0.2) is 24.3 Å². The summed E-state index contributed by atoms with van der Waals surface area (Å²) < 4.78 is 0. The Morgan fingerprint density at radius 2 is 1.33 bits per heavy atom. The number of hydrogen-bond acceptors (Lipinski definition) is 1. The molecule has 1 aromatic carbocycles. The second kappa shape index (κ2) is 6.52. The van der Waals surface area contributed by atoms with E-state index in [1.54, 1.807) is 0 Å². The molecule has 0 radical (unpaired) electrons. The zero-order valence-corrected chi connectivity index (χ0v) is 15.4. The molecule has 0 saturated carbocycles. The lowest BCUT2D eigenvalue weighted by Gasteiger charge is -2.28.